The van der Waals surface area contributed by atoms with E-state index < -0.39 is 8.32 Å². The summed E-state index contributed by atoms with van der Waals surface area (Å²) in [5, 5.41) is 0.138. The highest BCUT2D eigenvalue weighted by Crippen LogP contribution is 2.37. The van der Waals surface area contributed by atoms with Gasteiger partial charge in [-0.15, -0.1) is 6.42 Å². The van der Waals surface area contributed by atoms with E-state index in [1.807, 2.05) is 6.08 Å². The smallest absolute Gasteiger partial charge is 0.330 e. The summed E-state index contributed by atoms with van der Waals surface area (Å²) in [7, 11) is -1.88. The highest BCUT2D eigenvalue weighted by atomic mass is 28.4. The van der Waals surface area contributed by atoms with Crippen molar-refractivity contribution >= 4 is 14.3 Å². The third-order valence-electron chi connectivity index (χ3n) is 4.87. The van der Waals surface area contributed by atoms with E-state index in [1.165, 1.54) is 11.6 Å². The number of carbonyl (C=O) groups is 1. The van der Waals surface area contributed by atoms with Gasteiger partial charge < -0.3 is 9.16 Å². The zero-order valence-corrected chi connectivity index (χ0v) is 19.2. The van der Waals surface area contributed by atoms with Crippen LogP contribution in [0.3, 0.4) is 0 Å². The first-order valence-corrected chi connectivity index (χ1v) is 12.3. The number of terminal acetylenes is 1. The Kier molecular flexibility index (Phi) is 9.62. The van der Waals surface area contributed by atoms with Crippen LogP contribution in [0.2, 0.25) is 18.1 Å². The van der Waals surface area contributed by atoms with E-state index in [0.717, 1.165) is 12.8 Å². The molecule has 0 aromatic rings. The van der Waals surface area contributed by atoms with E-state index >= 15 is 0 Å². The first-order valence-electron chi connectivity index (χ1n) is 9.39. The number of rotatable bonds is 9. The van der Waals surface area contributed by atoms with Gasteiger partial charge in [0.1, 0.15) is 6.10 Å². The normalized spacial score (nSPS) is 15.0. The van der Waals surface area contributed by atoms with Gasteiger partial charge in [0.15, 0.2) is 8.32 Å². The molecule has 0 spiro atoms. The van der Waals surface area contributed by atoms with Crippen LogP contribution < -0.4 is 0 Å². The number of carbonyl (C=O) groups excluding carboxylic acids is 1. The van der Waals surface area contributed by atoms with E-state index in [4.69, 9.17) is 15.6 Å². The van der Waals surface area contributed by atoms with Crippen molar-refractivity contribution in [1.82, 2.24) is 0 Å². The Bertz CT molecular complexity index is 557. The summed E-state index contributed by atoms with van der Waals surface area (Å²) in [4.78, 5) is 11.5. The van der Waals surface area contributed by atoms with Crippen LogP contribution in [0.1, 0.15) is 61.3 Å². The molecule has 0 aliphatic rings. The third-order valence-corrected chi connectivity index (χ3v) is 9.36. The molecule has 0 aromatic heterocycles. The Labute approximate surface area is 162 Å². The molecule has 0 saturated carbocycles. The first kappa shape index (κ1) is 24.7. The monoisotopic (exact) mass is 378 g/mol. The summed E-state index contributed by atoms with van der Waals surface area (Å²) >= 11 is 0. The molecular formula is C22H38O3Si. The molecule has 0 saturated heterocycles. The Hall–Kier alpha value is -1.31. The molecule has 0 fully saturated rings. The van der Waals surface area contributed by atoms with Gasteiger partial charge in [0, 0.05) is 12.5 Å². The molecule has 0 radical (unpaired) electrons. The van der Waals surface area contributed by atoms with Gasteiger partial charge in [-0.25, -0.2) is 4.79 Å². The maximum atomic E-state index is 11.5. The highest BCUT2D eigenvalue weighted by Gasteiger charge is 2.38. The van der Waals surface area contributed by atoms with Gasteiger partial charge in [-0.3, -0.25) is 0 Å². The lowest BCUT2D eigenvalue weighted by atomic mass is 9.87. The van der Waals surface area contributed by atoms with E-state index in [0.29, 0.717) is 6.61 Å². The Morgan fingerprint density at radius 1 is 1.23 bits per heavy atom. The summed E-state index contributed by atoms with van der Waals surface area (Å²) < 4.78 is 11.3. The zero-order valence-electron chi connectivity index (χ0n) is 18.2. The summed E-state index contributed by atoms with van der Waals surface area (Å²) in [6.07, 6.45) is 12.7. The molecule has 0 rings (SSSR count). The Morgan fingerprint density at radius 3 is 2.27 bits per heavy atom. The summed E-state index contributed by atoms with van der Waals surface area (Å²) in [6, 6.07) is 0. The van der Waals surface area contributed by atoms with Gasteiger partial charge in [-0.1, -0.05) is 58.3 Å². The van der Waals surface area contributed by atoms with E-state index in [-0.39, 0.29) is 22.5 Å². The van der Waals surface area contributed by atoms with Gasteiger partial charge in [0.25, 0.3) is 0 Å². The molecule has 4 heteroatoms. The molecule has 0 aliphatic carbocycles. The second kappa shape index (κ2) is 10.1. The van der Waals surface area contributed by atoms with Crippen LogP contribution in [0, 0.1) is 17.8 Å². The fourth-order valence-corrected chi connectivity index (χ4v) is 3.25. The lowest BCUT2D eigenvalue weighted by Gasteiger charge is -2.38. The number of hydrogen-bond donors (Lipinski definition) is 0. The van der Waals surface area contributed by atoms with Crippen LogP contribution in [0.15, 0.2) is 23.8 Å². The second-order valence-electron chi connectivity index (χ2n) is 9.07. The fourth-order valence-electron chi connectivity index (χ4n) is 2.03. The lowest BCUT2D eigenvalue weighted by Crippen LogP contribution is -2.43. The predicted octanol–water partition coefficient (Wildman–Crippen LogP) is 5.88. The standard InChI is InChI=1S/C22H38O3Si/c1-11-19(25-26(9,10)21(4,5)6)17-18(3)13-15-22(7,8)16-14-20(23)24-12-2/h1,13-14,16,19H,12,15,17H2,2-10H3/b16-14+,18-13+. The predicted molar refractivity (Wildman–Crippen MR) is 113 cm³/mol. The van der Waals surface area contributed by atoms with Crippen molar-refractivity contribution in [2.75, 3.05) is 6.61 Å². The molecule has 0 amide bonds. The van der Waals surface area contributed by atoms with Crippen molar-refractivity contribution in [2.45, 2.75) is 85.5 Å². The number of esters is 1. The zero-order chi connectivity index (χ0) is 20.6. The van der Waals surface area contributed by atoms with Gasteiger partial charge in [0.2, 0.25) is 0 Å². The molecule has 1 unspecified atom stereocenters. The molecule has 3 nitrogen and oxygen atoms in total. The number of allylic oxidation sites excluding steroid dienone is 2. The minimum atomic E-state index is -1.88. The van der Waals surface area contributed by atoms with E-state index in [9.17, 15) is 4.79 Å². The van der Waals surface area contributed by atoms with E-state index in [2.05, 4.69) is 66.6 Å². The van der Waals surface area contributed by atoms with Crippen molar-refractivity contribution in [3.8, 4) is 12.3 Å². The highest BCUT2D eigenvalue weighted by molar-refractivity contribution is 6.74. The molecule has 1 atom stereocenters. The van der Waals surface area contributed by atoms with Crippen molar-refractivity contribution < 1.29 is 14.0 Å². The third kappa shape index (κ3) is 9.40. The Balaban J connectivity index is 4.85. The maximum Gasteiger partial charge on any atom is 0.330 e. The van der Waals surface area contributed by atoms with Crippen LogP contribution >= 0.6 is 0 Å². The van der Waals surface area contributed by atoms with Gasteiger partial charge >= 0.3 is 5.97 Å². The van der Waals surface area contributed by atoms with Gasteiger partial charge in [-0.2, -0.15) is 0 Å². The molecule has 0 aromatic carbocycles. The molecule has 0 heterocycles. The van der Waals surface area contributed by atoms with E-state index in [1.54, 1.807) is 6.92 Å². The molecular weight excluding hydrogens is 340 g/mol. The number of ether oxygens (including phenoxy) is 1. The Morgan fingerprint density at radius 2 is 1.81 bits per heavy atom. The first-order chi connectivity index (χ1) is 11.7. The van der Waals surface area contributed by atoms with Crippen molar-refractivity contribution in [3.05, 3.63) is 23.8 Å². The molecule has 0 aliphatic heterocycles. The van der Waals surface area contributed by atoms with Crippen LogP contribution in [0.5, 0.6) is 0 Å². The van der Waals surface area contributed by atoms with Crippen LogP contribution in [-0.2, 0) is 14.0 Å². The largest absolute Gasteiger partial charge is 0.463 e. The SMILES string of the molecule is C#CC(C/C(C)=C/CC(C)(C)/C=C/C(=O)OCC)O[Si](C)(C)C(C)(C)C. The van der Waals surface area contributed by atoms with Gasteiger partial charge in [-0.05, 0) is 43.8 Å². The summed E-state index contributed by atoms with van der Waals surface area (Å²) in [5.74, 6) is 2.51. The lowest BCUT2D eigenvalue weighted by molar-refractivity contribution is -0.137. The molecule has 26 heavy (non-hydrogen) atoms. The van der Waals surface area contributed by atoms with Crippen molar-refractivity contribution in [1.29, 1.82) is 0 Å². The quantitative estimate of drug-likeness (QED) is 0.165. The topological polar surface area (TPSA) is 35.5 Å². The molecule has 0 N–H and O–H groups in total. The second-order valence-corrected chi connectivity index (χ2v) is 13.8. The molecule has 148 valence electrons. The van der Waals surface area contributed by atoms with Crippen molar-refractivity contribution in [3.63, 3.8) is 0 Å². The van der Waals surface area contributed by atoms with Gasteiger partial charge in [0.05, 0.1) is 6.61 Å². The summed E-state index contributed by atoms with van der Waals surface area (Å²) in [5.41, 5.74) is 1.09. The average molecular weight is 379 g/mol. The van der Waals surface area contributed by atoms with Crippen molar-refractivity contribution in [2.24, 2.45) is 5.41 Å². The average Bonchev–Trinajstić information content (AvgIpc) is 2.49. The minimum absolute atomic E-state index is 0.125. The fraction of sp³-hybridized carbons (Fsp3) is 0.682. The van der Waals surface area contributed by atoms with Crippen LogP contribution in [0.4, 0.5) is 0 Å². The minimum Gasteiger partial charge on any atom is -0.463 e. The van der Waals surface area contributed by atoms with Crippen LogP contribution in [-0.4, -0.2) is 27.0 Å². The number of hydrogen-bond acceptors (Lipinski definition) is 3. The summed E-state index contributed by atoms with van der Waals surface area (Å²) in [6.45, 7) is 19.6. The maximum absolute atomic E-state index is 11.5. The molecule has 0 bridgehead atoms. The van der Waals surface area contributed by atoms with Crippen LogP contribution in [0.25, 0.3) is 0 Å².